The minimum absolute atomic E-state index is 0.0631. The van der Waals surface area contributed by atoms with Gasteiger partial charge in [-0.1, -0.05) is 23.7 Å². The van der Waals surface area contributed by atoms with Crippen LogP contribution in [-0.2, 0) is 16.1 Å². The molecule has 0 unspecified atom stereocenters. The van der Waals surface area contributed by atoms with E-state index in [4.69, 9.17) is 11.6 Å². The number of nitrogens with one attached hydrogen (secondary N) is 1. The Morgan fingerprint density at radius 1 is 1.12 bits per heavy atom. The summed E-state index contributed by atoms with van der Waals surface area (Å²) in [4.78, 5) is 34.2. The molecule has 1 aromatic rings. The molecular weight excluding hydrogens is 232 g/mol. The Morgan fingerprint density at radius 3 is 2.25 bits per heavy atom. The van der Waals surface area contributed by atoms with Crippen molar-refractivity contribution < 1.29 is 14.4 Å². The maximum Gasteiger partial charge on any atom is 0.331 e. The van der Waals surface area contributed by atoms with Gasteiger partial charge >= 0.3 is 17.8 Å². The van der Waals surface area contributed by atoms with Crippen molar-refractivity contribution >= 4 is 29.4 Å². The summed E-state index contributed by atoms with van der Waals surface area (Å²) in [6.45, 7) is 0.0631. The fourth-order valence-corrected chi connectivity index (χ4v) is 1.47. The fraction of sp³-hybridized carbons (Fsp3) is 0.100. The number of halogens is 1. The summed E-state index contributed by atoms with van der Waals surface area (Å²) >= 11 is 5.69. The zero-order chi connectivity index (χ0) is 11.7. The van der Waals surface area contributed by atoms with Crippen molar-refractivity contribution in [1.29, 1.82) is 0 Å². The minimum atomic E-state index is -0.890. The second-order valence-electron chi connectivity index (χ2n) is 3.28. The van der Waals surface area contributed by atoms with Crippen LogP contribution in [0.3, 0.4) is 0 Å². The molecule has 0 spiro atoms. The van der Waals surface area contributed by atoms with E-state index in [-0.39, 0.29) is 6.54 Å². The molecule has 0 saturated carbocycles. The van der Waals surface area contributed by atoms with Gasteiger partial charge in [0.2, 0.25) is 0 Å². The molecule has 6 heteroatoms. The third kappa shape index (κ3) is 1.90. The Kier molecular flexibility index (Phi) is 2.62. The lowest BCUT2D eigenvalue weighted by molar-refractivity contribution is -0.140. The molecule has 1 aromatic carbocycles. The average Bonchev–Trinajstić information content (AvgIpc) is 2.48. The first-order chi connectivity index (χ1) is 7.58. The number of amides is 4. The van der Waals surface area contributed by atoms with Crippen LogP contribution in [0.4, 0.5) is 4.79 Å². The quantitative estimate of drug-likeness (QED) is 0.615. The van der Waals surface area contributed by atoms with Crippen molar-refractivity contribution in [2.24, 2.45) is 0 Å². The van der Waals surface area contributed by atoms with E-state index in [0.717, 1.165) is 10.5 Å². The van der Waals surface area contributed by atoms with E-state index < -0.39 is 17.8 Å². The van der Waals surface area contributed by atoms with E-state index in [2.05, 4.69) is 0 Å². The number of hydrogen-bond donors (Lipinski definition) is 1. The minimum Gasteiger partial charge on any atom is -0.269 e. The van der Waals surface area contributed by atoms with Crippen molar-refractivity contribution in [3.05, 3.63) is 34.9 Å². The van der Waals surface area contributed by atoms with E-state index >= 15 is 0 Å². The average molecular weight is 239 g/mol. The predicted octanol–water partition coefficient (Wildman–Crippen LogP) is 0.918. The molecule has 82 valence electrons. The van der Waals surface area contributed by atoms with Crippen LogP contribution in [-0.4, -0.2) is 22.7 Å². The molecule has 1 fully saturated rings. The molecule has 0 aliphatic carbocycles. The van der Waals surface area contributed by atoms with Gasteiger partial charge in [-0.25, -0.2) is 4.79 Å². The summed E-state index contributed by atoms with van der Waals surface area (Å²) in [7, 11) is 0. The van der Waals surface area contributed by atoms with Gasteiger partial charge in [0.25, 0.3) is 0 Å². The number of rotatable bonds is 2. The number of hydrogen-bond acceptors (Lipinski definition) is 3. The monoisotopic (exact) mass is 238 g/mol. The third-order valence-electron chi connectivity index (χ3n) is 2.16. The van der Waals surface area contributed by atoms with Gasteiger partial charge in [-0.05, 0) is 17.7 Å². The summed E-state index contributed by atoms with van der Waals surface area (Å²) in [5.41, 5.74) is 0.725. The van der Waals surface area contributed by atoms with Gasteiger partial charge in [0, 0.05) is 5.02 Å². The van der Waals surface area contributed by atoms with Crippen molar-refractivity contribution in [2.75, 3.05) is 0 Å². The molecule has 4 amide bonds. The van der Waals surface area contributed by atoms with E-state index in [1.165, 1.54) is 0 Å². The first-order valence-corrected chi connectivity index (χ1v) is 4.87. The van der Waals surface area contributed by atoms with Crippen molar-refractivity contribution in [2.45, 2.75) is 6.54 Å². The summed E-state index contributed by atoms with van der Waals surface area (Å²) in [5.74, 6) is -1.72. The number of imide groups is 2. The molecule has 1 saturated heterocycles. The van der Waals surface area contributed by atoms with Crippen LogP contribution in [0.25, 0.3) is 0 Å². The van der Waals surface area contributed by atoms with Crippen LogP contribution in [0.1, 0.15) is 5.56 Å². The molecule has 1 aliphatic rings. The van der Waals surface area contributed by atoms with Crippen LogP contribution in [0.2, 0.25) is 5.02 Å². The van der Waals surface area contributed by atoms with Crippen molar-refractivity contribution in [3.63, 3.8) is 0 Å². The SMILES string of the molecule is O=C1NC(=O)N(Cc2ccc(Cl)cc2)C1=O. The third-order valence-corrected chi connectivity index (χ3v) is 2.41. The molecule has 0 atom stereocenters. The van der Waals surface area contributed by atoms with E-state index in [1.54, 1.807) is 24.3 Å². The lowest BCUT2D eigenvalue weighted by atomic mass is 10.2. The molecule has 0 bridgehead atoms. The fourth-order valence-electron chi connectivity index (χ4n) is 1.35. The molecular formula is C10H7ClN2O3. The van der Waals surface area contributed by atoms with Gasteiger partial charge in [-0.2, -0.15) is 0 Å². The molecule has 16 heavy (non-hydrogen) atoms. The summed E-state index contributed by atoms with van der Waals surface area (Å²) in [5, 5.41) is 2.49. The maximum absolute atomic E-state index is 11.3. The zero-order valence-corrected chi connectivity index (χ0v) is 8.82. The number of nitrogens with zero attached hydrogens (tertiary/aromatic N) is 1. The molecule has 0 aromatic heterocycles. The van der Waals surface area contributed by atoms with Crippen LogP contribution < -0.4 is 5.32 Å². The van der Waals surface area contributed by atoms with Gasteiger partial charge in [0.15, 0.2) is 0 Å². The topological polar surface area (TPSA) is 66.5 Å². The summed E-state index contributed by atoms with van der Waals surface area (Å²) < 4.78 is 0. The molecule has 0 radical (unpaired) electrons. The normalized spacial score (nSPS) is 15.6. The smallest absolute Gasteiger partial charge is 0.269 e. The lowest BCUT2D eigenvalue weighted by Gasteiger charge is -2.10. The van der Waals surface area contributed by atoms with Gasteiger partial charge in [0.05, 0.1) is 6.54 Å². The standard InChI is InChI=1S/C10H7ClN2O3/c11-7-3-1-6(2-4-7)5-13-9(15)8(14)12-10(13)16/h1-4H,5H2,(H,12,14,16). The van der Waals surface area contributed by atoms with Gasteiger partial charge in [-0.15, -0.1) is 0 Å². The van der Waals surface area contributed by atoms with Crippen LogP contribution in [0.5, 0.6) is 0 Å². The number of benzene rings is 1. The summed E-state index contributed by atoms with van der Waals surface area (Å²) in [6.07, 6.45) is 0. The Morgan fingerprint density at radius 2 is 1.75 bits per heavy atom. The number of urea groups is 1. The Labute approximate surface area is 96.0 Å². The first kappa shape index (κ1) is 10.6. The van der Waals surface area contributed by atoms with E-state index in [0.29, 0.717) is 5.02 Å². The Bertz CT molecular complexity index is 469. The highest BCUT2D eigenvalue weighted by atomic mass is 35.5. The maximum atomic E-state index is 11.3. The second kappa shape index (κ2) is 3.94. The van der Waals surface area contributed by atoms with Crippen LogP contribution >= 0.6 is 11.6 Å². The van der Waals surface area contributed by atoms with Crippen LogP contribution in [0, 0.1) is 0 Å². The lowest BCUT2D eigenvalue weighted by Crippen LogP contribution is -2.30. The highest BCUT2D eigenvalue weighted by Gasteiger charge is 2.36. The zero-order valence-electron chi connectivity index (χ0n) is 8.07. The number of carbonyl (C=O) groups excluding carboxylic acids is 3. The number of carbonyl (C=O) groups is 3. The molecule has 5 nitrogen and oxygen atoms in total. The Hall–Kier alpha value is -1.88. The van der Waals surface area contributed by atoms with Gasteiger partial charge in [0.1, 0.15) is 0 Å². The molecule has 1 heterocycles. The predicted molar refractivity (Wildman–Crippen MR) is 55.5 cm³/mol. The highest BCUT2D eigenvalue weighted by molar-refractivity contribution is 6.44. The van der Waals surface area contributed by atoms with Crippen LogP contribution in [0.15, 0.2) is 24.3 Å². The highest BCUT2D eigenvalue weighted by Crippen LogP contribution is 2.13. The van der Waals surface area contributed by atoms with Gasteiger partial charge < -0.3 is 0 Å². The largest absolute Gasteiger partial charge is 0.331 e. The molecule has 2 rings (SSSR count). The molecule has 1 aliphatic heterocycles. The van der Waals surface area contributed by atoms with Crippen molar-refractivity contribution in [1.82, 2.24) is 10.2 Å². The van der Waals surface area contributed by atoms with E-state index in [9.17, 15) is 14.4 Å². The van der Waals surface area contributed by atoms with E-state index in [1.807, 2.05) is 5.32 Å². The summed E-state index contributed by atoms with van der Waals surface area (Å²) in [6, 6.07) is 5.98. The second-order valence-corrected chi connectivity index (χ2v) is 3.71. The van der Waals surface area contributed by atoms with Crippen molar-refractivity contribution in [3.8, 4) is 0 Å². The Balaban J connectivity index is 2.16. The molecule has 1 N–H and O–H groups in total. The first-order valence-electron chi connectivity index (χ1n) is 4.49. The van der Waals surface area contributed by atoms with Gasteiger partial charge in [-0.3, -0.25) is 19.8 Å².